The summed E-state index contributed by atoms with van der Waals surface area (Å²) in [6.45, 7) is 1.19. The zero-order valence-electron chi connectivity index (χ0n) is 9.65. The van der Waals surface area contributed by atoms with Gasteiger partial charge in [-0.3, -0.25) is 4.90 Å². The molecule has 0 aliphatic carbocycles. The van der Waals surface area contributed by atoms with E-state index < -0.39 is 5.82 Å². The number of halogens is 1. The Hall–Kier alpha value is -1.62. The Morgan fingerprint density at radius 3 is 2.94 bits per heavy atom. The number of nitrogens with one attached hydrogen (secondary N) is 1. The number of amides is 2. The molecule has 0 radical (unpaired) electrons. The molecule has 2 amide bonds. The van der Waals surface area contributed by atoms with Gasteiger partial charge in [0.2, 0.25) is 0 Å². The molecule has 1 N–H and O–H groups in total. The van der Waals surface area contributed by atoms with Crippen LogP contribution in [0.4, 0.5) is 14.9 Å². The second kappa shape index (κ2) is 5.14. The summed E-state index contributed by atoms with van der Waals surface area (Å²) >= 11 is 0. The molecular formula is C12H15FN2O2. The third kappa shape index (κ3) is 2.74. The van der Waals surface area contributed by atoms with Crippen LogP contribution in [0.25, 0.3) is 0 Å². The SMILES string of the molecule is CN(C(=O)NC1CCOC1)c1ccccc1F. The van der Waals surface area contributed by atoms with Crippen LogP contribution < -0.4 is 10.2 Å². The molecule has 1 heterocycles. The molecule has 1 fully saturated rings. The zero-order chi connectivity index (χ0) is 12.3. The van der Waals surface area contributed by atoms with Gasteiger partial charge in [-0.05, 0) is 18.6 Å². The number of urea groups is 1. The van der Waals surface area contributed by atoms with Crippen molar-refractivity contribution in [2.75, 3.05) is 25.2 Å². The minimum Gasteiger partial charge on any atom is -0.379 e. The van der Waals surface area contributed by atoms with Crippen LogP contribution in [0.15, 0.2) is 24.3 Å². The van der Waals surface area contributed by atoms with Gasteiger partial charge in [-0.15, -0.1) is 0 Å². The first-order valence-electron chi connectivity index (χ1n) is 5.55. The number of carbonyl (C=O) groups excluding carboxylic acids is 1. The molecule has 0 saturated carbocycles. The quantitative estimate of drug-likeness (QED) is 0.853. The summed E-state index contributed by atoms with van der Waals surface area (Å²) < 4.78 is 18.6. The lowest BCUT2D eigenvalue weighted by Crippen LogP contribution is -2.43. The van der Waals surface area contributed by atoms with Gasteiger partial charge in [0, 0.05) is 13.7 Å². The number of anilines is 1. The number of carbonyl (C=O) groups is 1. The Labute approximate surface area is 99.4 Å². The van der Waals surface area contributed by atoms with Crippen molar-refractivity contribution < 1.29 is 13.9 Å². The number of para-hydroxylation sites is 1. The van der Waals surface area contributed by atoms with Crippen molar-refractivity contribution in [3.63, 3.8) is 0 Å². The maximum atomic E-state index is 13.5. The van der Waals surface area contributed by atoms with Crippen molar-refractivity contribution in [1.82, 2.24) is 5.32 Å². The molecule has 1 saturated heterocycles. The normalized spacial score (nSPS) is 19.1. The number of rotatable bonds is 2. The van der Waals surface area contributed by atoms with E-state index in [4.69, 9.17) is 4.74 Å². The van der Waals surface area contributed by atoms with Crippen LogP contribution in [0.5, 0.6) is 0 Å². The van der Waals surface area contributed by atoms with Gasteiger partial charge in [0.25, 0.3) is 0 Å². The first-order chi connectivity index (χ1) is 8.18. The largest absolute Gasteiger partial charge is 0.379 e. The lowest BCUT2D eigenvalue weighted by Gasteiger charge is -2.20. The van der Waals surface area contributed by atoms with E-state index in [-0.39, 0.29) is 17.8 Å². The van der Waals surface area contributed by atoms with E-state index in [1.165, 1.54) is 11.0 Å². The third-order valence-electron chi connectivity index (χ3n) is 2.78. The average molecular weight is 238 g/mol. The van der Waals surface area contributed by atoms with E-state index in [9.17, 15) is 9.18 Å². The second-order valence-corrected chi connectivity index (χ2v) is 4.02. The van der Waals surface area contributed by atoms with Gasteiger partial charge in [0.05, 0.1) is 18.3 Å². The molecule has 1 aromatic rings. The highest BCUT2D eigenvalue weighted by Gasteiger charge is 2.21. The van der Waals surface area contributed by atoms with Crippen molar-refractivity contribution in [2.24, 2.45) is 0 Å². The van der Waals surface area contributed by atoms with Gasteiger partial charge in [0.1, 0.15) is 5.82 Å². The highest BCUT2D eigenvalue weighted by molar-refractivity contribution is 5.91. The fourth-order valence-corrected chi connectivity index (χ4v) is 1.75. The second-order valence-electron chi connectivity index (χ2n) is 4.02. The number of nitrogens with zero attached hydrogens (tertiary/aromatic N) is 1. The van der Waals surface area contributed by atoms with E-state index in [1.54, 1.807) is 25.2 Å². The minimum absolute atomic E-state index is 0.0247. The molecule has 2 rings (SSSR count). The molecule has 0 bridgehead atoms. The van der Waals surface area contributed by atoms with Crippen LogP contribution in [-0.2, 0) is 4.74 Å². The molecule has 5 heteroatoms. The van der Waals surface area contributed by atoms with E-state index in [0.717, 1.165) is 6.42 Å². The molecule has 1 atom stereocenters. The van der Waals surface area contributed by atoms with Crippen LogP contribution in [0.2, 0.25) is 0 Å². The molecule has 0 spiro atoms. The molecule has 92 valence electrons. The Morgan fingerprint density at radius 1 is 1.53 bits per heavy atom. The number of ether oxygens (including phenoxy) is 1. The summed E-state index contributed by atoms with van der Waals surface area (Å²) in [5.41, 5.74) is 0.268. The topological polar surface area (TPSA) is 41.6 Å². The van der Waals surface area contributed by atoms with E-state index in [0.29, 0.717) is 13.2 Å². The predicted octanol–water partition coefficient (Wildman–Crippen LogP) is 1.76. The summed E-state index contributed by atoms with van der Waals surface area (Å²) in [5.74, 6) is -0.409. The summed E-state index contributed by atoms with van der Waals surface area (Å²) in [4.78, 5) is 13.1. The van der Waals surface area contributed by atoms with Crippen molar-refractivity contribution in [1.29, 1.82) is 0 Å². The summed E-state index contributed by atoms with van der Waals surface area (Å²) in [5, 5.41) is 2.80. The average Bonchev–Trinajstić information content (AvgIpc) is 2.81. The molecule has 1 unspecified atom stereocenters. The van der Waals surface area contributed by atoms with Crippen LogP contribution in [0.1, 0.15) is 6.42 Å². The Bertz CT molecular complexity index is 405. The maximum absolute atomic E-state index is 13.5. The Morgan fingerprint density at radius 2 is 2.29 bits per heavy atom. The molecule has 1 aliphatic rings. The summed E-state index contributed by atoms with van der Waals surface area (Å²) in [6, 6.07) is 5.90. The predicted molar refractivity (Wildman–Crippen MR) is 62.6 cm³/mol. The van der Waals surface area contributed by atoms with Gasteiger partial charge >= 0.3 is 6.03 Å². The van der Waals surface area contributed by atoms with E-state index >= 15 is 0 Å². The number of hydrogen-bond acceptors (Lipinski definition) is 2. The first kappa shape index (κ1) is 11.9. The third-order valence-corrected chi connectivity index (χ3v) is 2.78. The highest BCUT2D eigenvalue weighted by Crippen LogP contribution is 2.17. The maximum Gasteiger partial charge on any atom is 0.322 e. The fraction of sp³-hybridized carbons (Fsp3) is 0.417. The van der Waals surface area contributed by atoms with Gasteiger partial charge in [0.15, 0.2) is 0 Å². The molecular weight excluding hydrogens is 223 g/mol. The minimum atomic E-state index is -0.409. The van der Waals surface area contributed by atoms with Gasteiger partial charge in [-0.25, -0.2) is 9.18 Å². The molecule has 1 aromatic carbocycles. The monoisotopic (exact) mass is 238 g/mol. The highest BCUT2D eigenvalue weighted by atomic mass is 19.1. The first-order valence-corrected chi connectivity index (χ1v) is 5.55. The molecule has 4 nitrogen and oxygen atoms in total. The van der Waals surface area contributed by atoms with Crippen LogP contribution in [0, 0.1) is 5.82 Å². The van der Waals surface area contributed by atoms with Crippen LogP contribution >= 0.6 is 0 Å². The summed E-state index contributed by atoms with van der Waals surface area (Å²) in [7, 11) is 1.55. The van der Waals surface area contributed by atoms with Crippen molar-refractivity contribution >= 4 is 11.7 Å². The lowest BCUT2D eigenvalue weighted by molar-refractivity contribution is 0.189. The van der Waals surface area contributed by atoms with Crippen molar-refractivity contribution in [3.05, 3.63) is 30.1 Å². The molecule has 17 heavy (non-hydrogen) atoms. The van der Waals surface area contributed by atoms with Crippen LogP contribution in [0.3, 0.4) is 0 Å². The smallest absolute Gasteiger partial charge is 0.322 e. The zero-order valence-corrected chi connectivity index (χ0v) is 9.65. The van der Waals surface area contributed by atoms with E-state index in [1.807, 2.05) is 0 Å². The van der Waals surface area contributed by atoms with Crippen LogP contribution in [-0.4, -0.2) is 32.3 Å². The lowest BCUT2D eigenvalue weighted by atomic mass is 10.2. The number of benzene rings is 1. The fourth-order valence-electron chi connectivity index (χ4n) is 1.75. The van der Waals surface area contributed by atoms with Gasteiger partial charge < -0.3 is 10.1 Å². The summed E-state index contributed by atoms with van der Waals surface area (Å²) in [6.07, 6.45) is 0.802. The standard InChI is InChI=1S/C12H15FN2O2/c1-15(11-5-3-2-4-10(11)13)12(16)14-9-6-7-17-8-9/h2-5,9H,6-8H2,1H3,(H,14,16). The van der Waals surface area contributed by atoms with E-state index in [2.05, 4.69) is 5.32 Å². The number of hydrogen-bond donors (Lipinski definition) is 1. The molecule has 1 aliphatic heterocycles. The van der Waals surface area contributed by atoms with Gasteiger partial charge in [-0.1, -0.05) is 12.1 Å². The molecule has 0 aromatic heterocycles. The Kier molecular flexibility index (Phi) is 3.58. The van der Waals surface area contributed by atoms with Crippen molar-refractivity contribution in [2.45, 2.75) is 12.5 Å². The Balaban J connectivity index is 2.01. The van der Waals surface area contributed by atoms with Crippen molar-refractivity contribution in [3.8, 4) is 0 Å². The van der Waals surface area contributed by atoms with Gasteiger partial charge in [-0.2, -0.15) is 0 Å².